The molecule has 0 aliphatic heterocycles. The number of benzene rings is 2. The fourth-order valence-corrected chi connectivity index (χ4v) is 3.81. The van der Waals surface area contributed by atoms with Crippen LogP contribution in [0.2, 0.25) is 0 Å². The van der Waals surface area contributed by atoms with Crippen LogP contribution in [0.1, 0.15) is 43.4 Å². The standard InChI is InChI=1S/C25H18F4N6O2/c1-13-21(22(25(27,28)29)34-35(13)12-15-7-5-14(6-8-15)9-10-30)33-24(37)19-11-16(23(31)36)20-17(26)3-2-4-18(20)32-19/h2-8,11H,9,12H2,1H3,(H2,31,36)(H,33,37). The molecular weight excluding hydrogens is 492 g/mol. The van der Waals surface area contributed by atoms with E-state index in [9.17, 15) is 27.2 Å². The van der Waals surface area contributed by atoms with E-state index in [4.69, 9.17) is 11.0 Å². The number of halogens is 4. The van der Waals surface area contributed by atoms with Crippen LogP contribution in [0.5, 0.6) is 0 Å². The molecule has 3 N–H and O–H groups in total. The van der Waals surface area contributed by atoms with Crippen molar-refractivity contribution in [3.63, 3.8) is 0 Å². The first-order valence-electron chi connectivity index (χ1n) is 10.8. The molecule has 0 aliphatic rings. The molecule has 0 aliphatic carbocycles. The van der Waals surface area contributed by atoms with Gasteiger partial charge in [-0.05, 0) is 36.2 Å². The first kappa shape index (κ1) is 25.3. The van der Waals surface area contributed by atoms with Gasteiger partial charge >= 0.3 is 6.18 Å². The predicted molar refractivity (Wildman–Crippen MR) is 125 cm³/mol. The van der Waals surface area contributed by atoms with Crippen LogP contribution in [-0.2, 0) is 19.1 Å². The number of nitriles is 1. The predicted octanol–water partition coefficient (Wildman–Crippen LogP) is 4.36. The van der Waals surface area contributed by atoms with Gasteiger partial charge in [0.05, 0.1) is 41.5 Å². The van der Waals surface area contributed by atoms with Gasteiger partial charge in [-0.1, -0.05) is 30.3 Å². The second-order valence-corrected chi connectivity index (χ2v) is 8.12. The van der Waals surface area contributed by atoms with E-state index in [2.05, 4.69) is 15.4 Å². The lowest BCUT2D eigenvalue weighted by atomic mass is 10.1. The summed E-state index contributed by atoms with van der Waals surface area (Å²) >= 11 is 0. The molecule has 2 aromatic carbocycles. The zero-order valence-electron chi connectivity index (χ0n) is 19.2. The van der Waals surface area contributed by atoms with Crippen molar-refractivity contribution in [3.8, 4) is 6.07 Å². The van der Waals surface area contributed by atoms with Crippen molar-refractivity contribution >= 4 is 28.4 Å². The molecule has 188 valence electrons. The van der Waals surface area contributed by atoms with E-state index in [-0.39, 0.29) is 35.1 Å². The van der Waals surface area contributed by atoms with E-state index in [0.29, 0.717) is 5.56 Å². The molecule has 0 saturated heterocycles. The van der Waals surface area contributed by atoms with E-state index in [1.54, 1.807) is 24.3 Å². The molecule has 0 fully saturated rings. The number of nitrogens with two attached hydrogens (primary N) is 1. The lowest BCUT2D eigenvalue weighted by Crippen LogP contribution is -2.20. The highest BCUT2D eigenvalue weighted by Gasteiger charge is 2.39. The van der Waals surface area contributed by atoms with Gasteiger partial charge in [0.1, 0.15) is 11.5 Å². The fraction of sp³-hybridized carbons (Fsp3) is 0.160. The average molecular weight is 510 g/mol. The summed E-state index contributed by atoms with van der Waals surface area (Å²) in [6.07, 6.45) is -4.70. The quantitative estimate of drug-likeness (QED) is 0.373. The Labute approximate surface area is 207 Å². The molecule has 0 unspecified atom stereocenters. The number of amides is 2. The van der Waals surface area contributed by atoms with Gasteiger partial charge in [0.2, 0.25) is 5.91 Å². The number of nitrogens with one attached hydrogen (secondary N) is 1. The highest BCUT2D eigenvalue weighted by molar-refractivity contribution is 6.10. The van der Waals surface area contributed by atoms with Crippen molar-refractivity contribution in [1.29, 1.82) is 5.26 Å². The number of alkyl halides is 3. The zero-order chi connectivity index (χ0) is 26.9. The second kappa shape index (κ2) is 9.69. The summed E-state index contributed by atoms with van der Waals surface area (Å²) in [6.45, 7) is 1.33. The highest BCUT2D eigenvalue weighted by atomic mass is 19.4. The number of primary amides is 1. The third kappa shape index (κ3) is 5.11. The number of hydrogen-bond donors (Lipinski definition) is 2. The molecule has 0 spiro atoms. The lowest BCUT2D eigenvalue weighted by molar-refractivity contribution is -0.140. The Bertz CT molecular complexity index is 1570. The van der Waals surface area contributed by atoms with E-state index in [1.807, 2.05) is 6.07 Å². The van der Waals surface area contributed by atoms with Crippen LogP contribution in [0.3, 0.4) is 0 Å². The Balaban J connectivity index is 1.71. The van der Waals surface area contributed by atoms with Gasteiger partial charge in [0.15, 0.2) is 5.69 Å². The van der Waals surface area contributed by atoms with E-state index >= 15 is 0 Å². The van der Waals surface area contributed by atoms with Crippen molar-refractivity contribution in [1.82, 2.24) is 14.8 Å². The first-order valence-corrected chi connectivity index (χ1v) is 10.8. The Morgan fingerprint density at radius 3 is 2.43 bits per heavy atom. The normalized spacial score (nSPS) is 11.4. The molecule has 37 heavy (non-hydrogen) atoms. The van der Waals surface area contributed by atoms with Crippen LogP contribution < -0.4 is 11.1 Å². The molecular formula is C25H18F4N6O2. The van der Waals surface area contributed by atoms with Gasteiger partial charge in [-0.15, -0.1) is 0 Å². The SMILES string of the molecule is Cc1c(NC(=O)c2cc(C(N)=O)c3c(F)cccc3n2)c(C(F)(F)F)nn1Cc1ccc(CC#N)cc1. The van der Waals surface area contributed by atoms with Gasteiger partial charge in [0, 0.05) is 5.39 Å². The number of hydrogen-bond acceptors (Lipinski definition) is 5. The molecule has 2 aromatic heterocycles. The Kier molecular flexibility index (Phi) is 6.63. The number of carbonyl (C=O) groups excluding carboxylic acids is 2. The Morgan fingerprint density at radius 1 is 1.14 bits per heavy atom. The number of nitrogens with zero attached hydrogens (tertiary/aromatic N) is 4. The maximum atomic E-state index is 14.3. The van der Waals surface area contributed by atoms with Gasteiger partial charge < -0.3 is 11.1 Å². The van der Waals surface area contributed by atoms with Crippen LogP contribution in [0.4, 0.5) is 23.2 Å². The minimum atomic E-state index is -4.90. The summed E-state index contributed by atoms with van der Waals surface area (Å²) in [5.41, 5.74) is 4.00. The van der Waals surface area contributed by atoms with E-state index < -0.39 is 40.9 Å². The summed E-state index contributed by atoms with van der Waals surface area (Å²) < 4.78 is 56.8. The number of carbonyl (C=O) groups is 2. The molecule has 4 rings (SSSR count). The summed E-state index contributed by atoms with van der Waals surface area (Å²) in [5.74, 6) is -2.89. The molecule has 2 heterocycles. The van der Waals surface area contributed by atoms with Gasteiger partial charge in [-0.3, -0.25) is 14.3 Å². The van der Waals surface area contributed by atoms with E-state index in [0.717, 1.165) is 22.4 Å². The molecule has 8 nitrogen and oxygen atoms in total. The molecule has 0 bridgehead atoms. The Hall–Kier alpha value is -4.79. The van der Waals surface area contributed by atoms with Crippen molar-refractivity contribution in [3.05, 3.63) is 88.1 Å². The highest BCUT2D eigenvalue weighted by Crippen LogP contribution is 2.36. The zero-order valence-corrected chi connectivity index (χ0v) is 19.2. The minimum absolute atomic E-state index is 0.0173. The van der Waals surface area contributed by atoms with Crippen LogP contribution in [0.15, 0.2) is 48.5 Å². The number of fused-ring (bicyclic) bond motifs is 1. The number of rotatable bonds is 6. The molecule has 0 atom stereocenters. The number of pyridine rings is 1. The van der Waals surface area contributed by atoms with Gasteiger partial charge in [-0.25, -0.2) is 9.37 Å². The number of aromatic nitrogens is 3. The molecule has 2 amide bonds. The summed E-state index contributed by atoms with van der Waals surface area (Å²) in [4.78, 5) is 28.9. The van der Waals surface area contributed by atoms with Crippen LogP contribution >= 0.6 is 0 Å². The average Bonchev–Trinajstić information content (AvgIpc) is 3.15. The van der Waals surface area contributed by atoms with Crippen molar-refractivity contribution in [2.45, 2.75) is 26.1 Å². The molecule has 0 saturated carbocycles. The third-order valence-electron chi connectivity index (χ3n) is 5.63. The van der Waals surface area contributed by atoms with Crippen molar-refractivity contribution in [2.24, 2.45) is 5.73 Å². The second-order valence-electron chi connectivity index (χ2n) is 8.12. The van der Waals surface area contributed by atoms with Crippen LogP contribution in [0.25, 0.3) is 10.9 Å². The first-order chi connectivity index (χ1) is 17.5. The molecule has 4 aromatic rings. The Morgan fingerprint density at radius 2 is 1.81 bits per heavy atom. The van der Waals surface area contributed by atoms with Crippen molar-refractivity contribution in [2.75, 3.05) is 5.32 Å². The summed E-state index contributed by atoms with van der Waals surface area (Å²) in [5, 5.41) is 14.4. The summed E-state index contributed by atoms with van der Waals surface area (Å²) in [6, 6.07) is 13.4. The topological polar surface area (TPSA) is 127 Å². The third-order valence-corrected chi connectivity index (χ3v) is 5.63. The fourth-order valence-electron chi connectivity index (χ4n) is 3.81. The monoisotopic (exact) mass is 510 g/mol. The van der Waals surface area contributed by atoms with Crippen molar-refractivity contribution < 1.29 is 27.2 Å². The maximum absolute atomic E-state index is 14.3. The molecule has 12 heteroatoms. The maximum Gasteiger partial charge on any atom is 0.437 e. The van der Waals surface area contributed by atoms with Gasteiger partial charge in [0.25, 0.3) is 5.91 Å². The number of anilines is 1. The largest absolute Gasteiger partial charge is 0.437 e. The molecule has 0 radical (unpaired) electrons. The van der Waals surface area contributed by atoms with Crippen LogP contribution in [-0.4, -0.2) is 26.6 Å². The smallest absolute Gasteiger partial charge is 0.366 e. The van der Waals surface area contributed by atoms with Crippen LogP contribution in [0, 0.1) is 24.1 Å². The van der Waals surface area contributed by atoms with E-state index in [1.165, 1.54) is 19.1 Å². The minimum Gasteiger partial charge on any atom is -0.366 e. The summed E-state index contributed by atoms with van der Waals surface area (Å²) in [7, 11) is 0. The lowest BCUT2D eigenvalue weighted by Gasteiger charge is -2.11. The van der Waals surface area contributed by atoms with Gasteiger partial charge in [-0.2, -0.15) is 23.5 Å².